The molecule has 0 bridgehead atoms. The van der Waals surface area contributed by atoms with Gasteiger partial charge in [-0.25, -0.2) is 18.2 Å². The molecule has 0 radical (unpaired) electrons. The van der Waals surface area contributed by atoms with E-state index in [1.165, 1.54) is 16.1 Å². The minimum Gasteiger partial charge on any atom is -0.365 e. The molecule has 0 spiro atoms. The van der Waals surface area contributed by atoms with Crippen LogP contribution in [0.2, 0.25) is 0 Å². The van der Waals surface area contributed by atoms with Crippen LogP contribution < -0.4 is 14.5 Å². The number of aromatic nitrogens is 1. The van der Waals surface area contributed by atoms with Gasteiger partial charge in [0.2, 0.25) is 15.7 Å². The zero-order chi connectivity index (χ0) is 28.9. The Balaban J connectivity index is 1.52. The van der Waals surface area contributed by atoms with Crippen molar-refractivity contribution in [2.24, 2.45) is 5.41 Å². The van der Waals surface area contributed by atoms with Crippen molar-refractivity contribution in [2.75, 3.05) is 41.1 Å². The van der Waals surface area contributed by atoms with Crippen molar-refractivity contribution < 1.29 is 8.42 Å². The molecule has 2 aromatic rings. The molecule has 0 aliphatic carbocycles. The van der Waals surface area contributed by atoms with Gasteiger partial charge in [-0.2, -0.15) is 5.26 Å². The monoisotopic (exact) mass is 580 g/mol. The molecule has 0 unspecified atom stereocenters. The summed E-state index contributed by atoms with van der Waals surface area (Å²) in [6.07, 6.45) is 4.14. The molecular formula is C30H40N6O2S2. The van der Waals surface area contributed by atoms with E-state index in [1.54, 1.807) is 0 Å². The number of hydrogen-bond acceptors (Lipinski definition) is 7. The fourth-order valence-corrected chi connectivity index (χ4v) is 7.82. The average molecular weight is 581 g/mol. The molecule has 1 aromatic carbocycles. The molecule has 40 heavy (non-hydrogen) atoms. The van der Waals surface area contributed by atoms with Crippen LogP contribution in [0.1, 0.15) is 70.1 Å². The second-order valence-electron chi connectivity index (χ2n) is 11.8. The van der Waals surface area contributed by atoms with Gasteiger partial charge in [-0.15, -0.1) is 11.8 Å². The summed E-state index contributed by atoms with van der Waals surface area (Å²) in [6, 6.07) is 10.4. The normalized spacial score (nSPS) is 17.9. The first-order valence-corrected chi connectivity index (χ1v) is 16.7. The number of sulfonamides is 1. The number of anilines is 2. The van der Waals surface area contributed by atoms with Crippen molar-refractivity contribution in [1.82, 2.24) is 10.3 Å². The van der Waals surface area contributed by atoms with Crippen molar-refractivity contribution in [3.05, 3.63) is 52.4 Å². The Hall–Kier alpha value is -2.79. The maximum Gasteiger partial charge on any atom is 0.235 e. The lowest BCUT2D eigenvalue weighted by Gasteiger charge is -2.35. The lowest BCUT2D eigenvalue weighted by atomic mass is 9.95. The predicted molar refractivity (Wildman–Crippen MR) is 164 cm³/mol. The highest BCUT2D eigenvalue weighted by Gasteiger charge is 2.28. The van der Waals surface area contributed by atoms with Gasteiger partial charge < -0.3 is 10.2 Å². The first-order valence-electron chi connectivity index (χ1n) is 14.1. The van der Waals surface area contributed by atoms with Gasteiger partial charge in [0.15, 0.2) is 0 Å². The molecule has 10 heteroatoms. The van der Waals surface area contributed by atoms with Gasteiger partial charge in [0, 0.05) is 38.0 Å². The molecule has 4 rings (SSSR count). The Morgan fingerprint density at radius 1 is 1.18 bits per heavy atom. The third kappa shape index (κ3) is 7.09. The zero-order valence-electron chi connectivity index (χ0n) is 24.0. The van der Waals surface area contributed by atoms with Crippen molar-refractivity contribution in [2.45, 2.75) is 76.6 Å². The maximum absolute atomic E-state index is 12.5. The molecule has 214 valence electrons. The van der Waals surface area contributed by atoms with Crippen molar-refractivity contribution in [3.63, 3.8) is 0 Å². The summed E-state index contributed by atoms with van der Waals surface area (Å²) in [7, 11) is -3.25. The second-order valence-corrected chi connectivity index (χ2v) is 14.8. The standard InChI is InChI=1S/C30H40N6O2S2/c1-6-25-26(19-31)29(39-20-22-9-11-24(12-10-22)36-15-7-8-18-40(36,37)38)34-28(27(25)32-5)35-16-13-23(14-17-35)33-21-30(2,3)4/h9-12,23,33H,6-8,13-18,20-21H2,1-4H3. The van der Waals surface area contributed by atoms with Crippen LogP contribution in [0.5, 0.6) is 0 Å². The van der Waals surface area contributed by atoms with Gasteiger partial charge in [0.25, 0.3) is 0 Å². The fourth-order valence-electron chi connectivity index (χ4n) is 5.22. The molecule has 8 nitrogen and oxygen atoms in total. The van der Waals surface area contributed by atoms with Crippen LogP contribution in [-0.2, 0) is 22.2 Å². The van der Waals surface area contributed by atoms with E-state index < -0.39 is 10.0 Å². The molecule has 2 aliphatic rings. The van der Waals surface area contributed by atoms with Crippen LogP contribution >= 0.6 is 11.8 Å². The van der Waals surface area contributed by atoms with E-state index in [9.17, 15) is 13.7 Å². The highest BCUT2D eigenvalue weighted by atomic mass is 32.2. The van der Waals surface area contributed by atoms with Crippen LogP contribution in [0, 0.1) is 23.3 Å². The molecule has 2 saturated heterocycles. The largest absolute Gasteiger partial charge is 0.365 e. The number of pyridine rings is 1. The summed E-state index contributed by atoms with van der Waals surface area (Å²) in [5.41, 5.74) is 3.70. The van der Waals surface area contributed by atoms with Crippen molar-refractivity contribution in [3.8, 4) is 6.07 Å². The fraction of sp³-hybridized carbons (Fsp3) is 0.567. The van der Waals surface area contributed by atoms with Crippen molar-refractivity contribution >= 4 is 39.0 Å². The van der Waals surface area contributed by atoms with Gasteiger partial charge in [-0.3, -0.25) is 4.31 Å². The number of benzene rings is 1. The number of thioether (sulfide) groups is 1. The smallest absolute Gasteiger partial charge is 0.235 e. The molecule has 2 fully saturated rings. The van der Waals surface area contributed by atoms with Crippen LogP contribution in [0.3, 0.4) is 0 Å². The summed E-state index contributed by atoms with van der Waals surface area (Å²) in [5.74, 6) is 1.47. The van der Waals surface area contributed by atoms with E-state index in [0.717, 1.165) is 50.0 Å². The molecule has 3 heterocycles. The molecule has 1 N–H and O–H groups in total. The highest BCUT2D eigenvalue weighted by molar-refractivity contribution is 7.98. The Kier molecular flexibility index (Phi) is 9.66. The number of nitrogens with zero attached hydrogens (tertiary/aromatic N) is 5. The summed E-state index contributed by atoms with van der Waals surface area (Å²) in [5, 5.41) is 14.4. The lowest BCUT2D eigenvalue weighted by Crippen LogP contribution is -2.45. The molecular weight excluding hydrogens is 541 g/mol. The van der Waals surface area contributed by atoms with Gasteiger partial charge in [-0.1, -0.05) is 39.8 Å². The number of piperidine rings is 1. The van der Waals surface area contributed by atoms with Gasteiger partial charge >= 0.3 is 0 Å². The Morgan fingerprint density at radius 3 is 2.45 bits per heavy atom. The second kappa shape index (κ2) is 12.8. The summed E-state index contributed by atoms with van der Waals surface area (Å²) >= 11 is 1.50. The van der Waals surface area contributed by atoms with Gasteiger partial charge in [0.05, 0.1) is 23.6 Å². The van der Waals surface area contributed by atoms with Gasteiger partial charge in [-0.05, 0) is 60.8 Å². The first kappa shape index (κ1) is 30.2. The number of hydrogen-bond donors (Lipinski definition) is 1. The lowest BCUT2D eigenvalue weighted by molar-refractivity contribution is 0.324. The summed E-state index contributed by atoms with van der Waals surface area (Å²) < 4.78 is 26.4. The number of rotatable bonds is 8. The topological polar surface area (TPSA) is 93.7 Å². The third-order valence-corrected chi connectivity index (χ3v) is 10.4. The molecule has 1 aromatic heterocycles. The molecule has 2 aliphatic heterocycles. The van der Waals surface area contributed by atoms with E-state index in [1.807, 2.05) is 31.2 Å². The Labute approximate surface area is 244 Å². The summed E-state index contributed by atoms with van der Waals surface area (Å²) in [4.78, 5) is 11.0. The zero-order valence-corrected chi connectivity index (χ0v) is 25.7. The number of nitriles is 1. The van der Waals surface area contributed by atoms with E-state index in [-0.39, 0.29) is 11.2 Å². The van der Waals surface area contributed by atoms with E-state index in [4.69, 9.17) is 11.6 Å². The van der Waals surface area contributed by atoms with E-state index in [2.05, 4.69) is 41.9 Å². The Bertz CT molecular complexity index is 1380. The number of nitrogens with one attached hydrogen (secondary N) is 1. The van der Waals surface area contributed by atoms with Gasteiger partial charge in [0.1, 0.15) is 16.9 Å². The first-order chi connectivity index (χ1) is 19.1. The minimum absolute atomic E-state index is 0.195. The van der Waals surface area contributed by atoms with E-state index in [0.29, 0.717) is 59.0 Å². The van der Waals surface area contributed by atoms with Crippen LogP contribution in [0.15, 0.2) is 29.3 Å². The maximum atomic E-state index is 12.5. The molecule has 0 amide bonds. The third-order valence-electron chi connectivity index (χ3n) is 7.46. The van der Waals surface area contributed by atoms with Crippen LogP contribution in [0.4, 0.5) is 17.2 Å². The SMILES string of the molecule is [C-]#[N+]c1c(N2CCC(NCC(C)(C)C)CC2)nc(SCc2ccc(N3CCCCS3(=O)=O)cc2)c(C#N)c1CC. The quantitative estimate of drug-likeness (QED) is 0.307. The predicted octanol–water partition coefficient (Wildman–Crippen LogP) is 5.89. The Morgan fingerprint density at radius 2 is 1.88 bits per heavy atom. The summed E-state index contributed by atoms with van der Waals surface area (Å²) in [6.45, 7) is 19.7. The average Bonchev–Trinajstić information content (AvgIpc) is 2.94. The van der Waals surface area contributed by atoms with Crippen molar-refractivity contribution in [1.29, 1.82) is 5.26 Å². The van der Waals surface area contributed by atoms with E-state index >= 15 is 0 Å². The minimum atomic E-state index is -3.25. The molecule has 0 saturated carbocycles. The van der Waals surface area contributed by atoms with Crippen LogP contribution in [0.25, 0.3) is 4.85 Å². The highest BCUT2D eigenvalue weighted by Crippen LogP contribution is 2.40. The molecule has 0 atom stereocenters. The van der Waals surface area contributed by atoms with Crippen LogP contribution in [-0.4, -0.2) is 51.4 Å².